The topological polar surface area (TPSA) is 137 Å². The lowest BCUT2D eigenvalue weighted by Gasteiger charge is -2.28. The van der Waals surface area contributed by atoms with E-state index in [4.69, 9.17) is 15.0 Å². The number of aromatic nitrogens is 2. The van der Waals surface area contributed by atoms with E-state index in [2.05, 4.69) is 10.1 Å². The van der Waals surface area contributed by atoms with Crippen molar-refractivity contribution in [1.82, 2.24) is 15.0 Å². The molecule has 0 bridgehead atoms. The van der Waals surface area contributed by atoms with Crippen molar-refractivity contribution in [1.29, 1.82) is 5.41 Å². The first kappa shape index (κ1) is 21.9. The van der Waals surface area contributed by atoms with Crippen LogP contribution in [0, 0.1) is 11.2 Å². The van der Waals surface area contributed by atoms with Crippen LogP contribution >= 0.6 is 0 Å². The minimum Gasteiger partial charge on any atom is -0.465 e. The molecule has 1 fully saturated rings. The summed E-state index contributed by atoms with van der Waals surface area (Å²) in [4.78, 5) is 16.6. The molecule has 1 aromatic heterocycles. The monoisotopic (exact) mass is 438 g/mol. The van der Waals surface area contributed by atoms with Crippen LogP contribution in [0.5, 0.6) is 0 Å². The molecule has 162 valence electrons. The number of carboxylic acid groups (broad SMARTS) is 1. The second-order valence-corrected chi connectivity index (χ2v) is 9.55. The molecule has 1 saturated heterocycles. The first-order chi connectivity index (χ1) is 14.1. The van der Waals surface area contributed by atoms with Gasteiger partial charge in [-0.15, -0.1) is 0 Å². The van der Waals surface area contributed by atoms with Gasteiger partial charge in [0.2, 0.25) is 5.89 Å². The summed E-state index contributed by atoms with van der Waals surface area (Å²) in [7, 11) is -3.53. The number of carbonyl (C=O) groups is 1. The first-order valence-corrected chi connectivity index (χ1v) is 11.3. The van der Waals surface area contributed by atoms with Gasteiger partial charge in [-0.05, 0) is 31.0 Å². The Morgan fingerprint density at radius 2 is 2.07 bits per heavy atom. The van der Waals surface area contributed by atoms with Gasteiger partial charge in [0.05, 0.1) is 4.90 Å². The highest BCUT2D eigenvalue weighted by molar-refractivity contribution is 7.90. The summed E-state index contributed by atoms with van der Waals surface area (Å²) in [5.74, 6) is -0.273. The maximum absolute atomic E-state index is 14.3. The minimum absolute atomic E-state index is 0.00503. The van der Waals surface area contributed by atoms with Gasteiger partial charge in [0.15, 0.2) is 15.7 Å². The normalized spacial score (nSPS) is 16.4. The van der Waals surface area contributed by atoms with Gasteiger partial charge in [0.1, 0.15) is 5.82 Å². The van der Waals surface area contributed by atoms with Crippen LogP contribution in [0.4, 0.5) is 9.18 Å². The molecule has 1 amide bonds. The van der Waals surface area contributed by atoms with E-state index in [0.29, 0.717) is 37.6 Å². The number of rotatable bonds is 6. The number of hydrogen-bond donors (Lipinski definition) is 2. The summed E-state index contributed by atoms with van der Waals surface area (Å²) < 4.78 is 42.7. The van der Waals surface area contributed by atoms with Crippen molar-refractivity contribution in [2.45, 2.75) is 42.9 Å². The molecule has 1 atom stereocenters. The number of sulfone groups is 1. The van der Waals surface area contributed by atoms with E-state index in [1.807, 2.05) is 0 Å². The third-order valence-electron chi connectivity index (χ3n) is 5.21. The molecule has 0 spiro atoms. The number of likely N-dealkylation sites (tertiary alicyclic amines) is 1. The molecule has 2 N–H and O–H groups in total. The summed E-state index contributed by atoms with van der Waals surface area (Å²) in [6.07, 6.45) is 1.40. The molecule has 1 aliphatic rings. The number of amides is 1. The fourth-order valence-electron chi connectivity index (χ4n) is 3.42. The quantitative estimate of drug-likeness (QED) is 0.661. The molecule has 11 heteroatoms. The Balaban J connectivity index is 1.65. The Hall–Kier alpha value is -2.82. The number of piperidine rings is 1. The molecule has 2 heterocycles. The second kappa shape index (κ2) is 8.50. The number of halogens is 1. The van der Waals surface area contributed by atoms with Crippen molar-refractivity contribution in [3.05, 3.63) is 41.3 Å². The summed E-state index contributed by atoms with van der Waals surface area (Å²) in [5, 5.41) is 21.2. The number of nitrogens with one attached hydrogen (secondary N) is 1. The average Bonchev–Trinajstić information content (AvgIpc) is 3.17. The molecule has 3 rings (SSSR count). The Labute approximate surface area is 173 Å². The minimum atomic E-state index is -3.53. The lowest BCUT2D eigenvalue weighted by molar-refractivity contribution is 0.131. The Morgan fingerprint density at radius 3 is 2.63 bits per heavy atom. The van der Waals surface area contributed by atoms with Crippen molar-refractivity contribution < 1.29 is 27.2 Å². The highest BCUT2D eigenvalue weighted by Gasteiger charge is 2.28. The summed E-state index contributed by atoms with van der Waals surface area (Å²) >= 11 is 0. The van der Waals surface area contributed by atoms with E-state index in [0.717, 1.165) is 12.3 Å². The fraction of sp³-hybridized carbons (Fsp3) is 0.474. The molecule has 1 aliphatic heterocycles. The van der Waals surface area contributed by atoms with Crippen LogP contribution in [-0.4, -0.2) is 59.7 Å². The van der Waals surface area contributed by atoms with E-state index in [1.165, 1.54) is 17.0 Å². The van der Waals surface area contributed by atoms with Gasteiger partial charge in [-0.3, -0.25) is 0 Å². The van der Waals surface area contributed by atoms with Crippen molar-refractivity contribution in [2.24, 2.45) is 0 Å². The highest BCUT2D eigenvalue weighted by Crippen LogP contribution is 2.28. The van der Waals surface area contributed by atoms with E-state index >= 15 is 0 Å². The van der Waals surface area contributed by atoms with Crippen LogP contribution < -0.4 is 0 Å². The largest absolute Gasteiger partial charge is 0.465 e. The van der Waals surface area contributed by atoms with Crippen LogP contribution in [0.15, 0.2) is 27.6 Å². The van der Waals surface area contributed by atoms with E-state index in [9.17, 15) is 17.6 Å². The zero-order valence-corrected chi connectivity index (χ0v) is 17.4. The number of hydrogen-bond acceptors (Lipinski definition) is 7. The van der Waals surface area contributed by atoms with Crippen molar-refractivity contribution >= 4 is 21.6 Å². The van der Waals surface area contributed by atoms with Gasteiger partial charge in [0.25, 0.3) is 0 Å². The molecule has 30 heavy (non-hydrogen) atoms. The van der Waals surface area contributed by atoms with Crippen LogP contribution in [-0.2, 0) is 9.84 Å². The third-order valence-corrected chi connectivity index (χ3v) is 6.32. The van der Waals surface area contributed by atoms with E-state index < -0.39 is 21.7 Å². The predicted molar refractivity (Wildman–Crippen MR) is 105 cm³/mol. The van der Waals surface area contributed by atoms with Crippen molar-refractivity contribution in [3.63, 3.8) is 0 Å². The fourth-order valence-corrected chi connectivity index (χ4v) is 4.05. The Morgan fingerprint density at radius 1 is 1.40 bits per heavy atom. The van der Waals surface area contributed by atoms with Gasteiger partial charge in [0, 0.05) is 48.9 Å². The SMILES string of the molecule is C[C@@H](CC(=N)c1ccc(S(C)(=O)=O)cc1F)c1nc(C2CCN(C(=O)O)CC2)no1. The van der Waals surface area contributed by atoms with Gasteiger partial charge >= 0.3 is 6.09 Å². The smallest absolute Gasteiger partial charge is 0.407 e. The predicted octanol–water partition coefficient (Wildman–Crippen LogP) is 3.03. The molecule has 2 aromatic rings. The second-order valence-electron chi connectivity index (χ2n) is 7.53. The average molecular weight is 438 g/mol. The zero-order chi connectivity index (χ0) is 22.1. The number of benzene rings is 1. The highest BCUT2D eigenvalue weighted by atomic mass is 32.2. The lowest BCUT2D eigenvalue weighted by atomic mass is 9.96. The molecule has 9 nitrogen and oxygen atoms in total. The van der Waals surface area contributed by atoms with E-state index in [1.54, 1.807) is 6.92 Å². The number of nitrogens with zero attached hydrogens (tertiary/aromatic N) is 3. The van der Waals surface area contributed by atoms with Gasteiger partial charge in [-0.1, -0.05) is 12.1 Å². The van der Waals surface area contributed by atoms with E-state index in [-0.39, 0.29) is 34.4 Å². The van der Waals surface area contributed by atoms with Crippen molar-refractivity contribution in [3.8, 4) is 0 Å². The summed E-state index contributed by atoms with van der Waals surface area (Å²) in [5.41, 5.74) is 0.0181. The summed E-state index contributed by atoms with van der Waals surface area (Å²) in [6, 6.07) is 3.48. The maximum atomic E-state index is 14.3. The van der Waals surface area contributed by atoms with Gasteiger partial charge in [-0.25, -0.2) is 17.6 Å². The van der Waals surface area contributed by atoms with Gasteiger partial charge < -0.3 is 19.9 Å². The molecule has 1 aromatic carbocycles. The van der Waals surface area contributed by atoms with Crippen LogP contribution in [0.3, 0.4) is 0 Å². The molecular weight excluding hydrogens is 415 g/mol. The molecular formula is C19H23FN4O5S. The molecule has 0 saturated carbocycles. The third kappa shape index (κ3) is 4.84. The molecule has 0 aliphatic carbocycles. The van der Waals surface area contributed by atoms with Crippen molar-refractivity contribution in [2.75, 3.05) is 19.3 Å². The lowest BCUT2D eigenvalue weighted by Crippen LogP contribution is -2.37. The van der Waals surface area contributed by atoms with Crippen LogP contribution in [0.2, 0.25) is 0 Å². The molecule has 0 radical (unpaired) electrons. The molecule has 0 unspecified atom stereocenters. The van der Waals surface area contributed by atoms with Crippen LogP contribution in [0.25, 0.3) is 0 Å². The zero-order valence-electron chi connectivity index (χ0n) is 16.6. The van der Waals surface area contributed by atoms with Gasteiger partial charge in [-0.2, -0.15) is 4.98 Å². The standard InChI is InChI=1S/C19H23FN4O5S/c1-11(9-16(21)14-4-3-13(10-15(14)20)30(2,27)28)18-22-17(23-29-18)12-5-7-24(8-6-12)19(25)26/h3-4,10-12,21H,5-9H2,1-2H3,(H,25,26)/t11-/m0/s1. The first-order valence-electron chi connectivity index (χ1n) is 9.45. The maximum Gasteiger partial charge on any atom is 0.407 e. The van der Waals surface area contributed by atoms with Crippen LogP contribution in [0.1, 0.15) is 55.3 Å². The Kier molecular flexibility index (Phi) is 6.20. The summed E-state index contributed by atoms with van der Waals surface area (Å²) in [6.45, 7) is 2.60. The Bertz CT molecular complexity index is 1060.